The fourth-order valence-corrected chi connectivity index (χ4v) is 4.19. The quantitative estimate of drug-likeness (QED) is 0.157. The summed E-state index contributed by atoms with van der Waals surface area (Å²) in [4.78, 5) is 38.1. The molecule has 1 amide bonds. The van der Waals surface area contributed by atoms with Crippen molar-refractivity contribution in [1.82, 2.24) is 5.32 Å². The van der Waals surface area contributed by atoms with E-state index < -0.39 is 23.7 Å². The summed E-state index contributed by atoms with van der Waals surface area (Å²) in [6, 6.07) is 23.1. The molecule has 1 N–H and O–H groups in total. The Labute approximate surface area is 221 Å². The van der Waals surface area contributed by atoms with Crippen LogP contribution < -0.4 is 15.7 Å². The fourth-order valence-electron chi connectivity index (χ4n) is 4.19. The summed E-state index contributed by atoms with van der Waals surface area (Å²) >= 11 is 0. The second-order valence-corrected chi connectivity index (χ2v) is 9.14. The van der Waals surface area contributed by atoms with E-state index >= 15 is 0 Å². The van der Waals surface area contributed by atoms with Crippen LogP contribution in [0.4, 0.5) is 4.79 Å². The lowest BCUT2D eigenvalue weighted by molar-refractivity contribution is -0.136. The Hall–Kier alpha value is -4.39. The summed E-state index contributed by atoms with van der Waals surface area (Å²) in [6.45, 7) is 3.97. The van der Waals surface area contributed by atoms with Crippen LogP contribution in [-0.4, -0.2) is 18.1 Å². The van der Waals surface area contributed by atoms with Gasteiger partial charge in [-0.25, -0.2) is 14.4 Å². The molecule has 4 aromatic rings. The number of hydrogen-bond acceptors (Lipinski definition) is 6. The average molecular weight is 514 g/mol. The highest BCUT2D eigenvalue weighted by Crippen LogP contribution is 2.25. The van der Waals surface area contributed by atoms with E-state index in [9.17, 15) is 14.4 Å². The lowest BCUT2D eigenvalue weighted by atomic mass is 10.00. The Morgan fingerprint density at radius 3 is 2.32 bits per heavy atom. The van der Waals surface area contributed by atoms with Crippen molar-refractivity contribution in [3.05, 3.63) is 112 Å². The normalized spacial score (nSPS) is 11.6. The standard InChI is InChI=1S/C31H31NO6/c1-3-4-15-27(32-31(35)36-20-23-13-9-6-10-14-23)30(34)37-24-16-17-25-21(2)26(29(33)38-28(25)19-24)18-22-11-7-5-8-12-22/h5-14,16-17,19,27H,3-4,15,18,20H2,1-2H3,(H,32,35)/t27-/m1/s1. The molecule has 0 aliphatic carbocycles. The molecular formula is C31H31NO6. The third-order valence-corrected chi connectivity index (χ3v) is 6.34. The van der Waals surface area contributed by atoms with Crippen LogP contribution in [0.3, 0.4) is 0 Å². The van der Waals surface area contributed by atoms with Crippen molar-refractivity contribution in [3.8, 4) is 5.75 Å². The van der Waals surface area contributed by atoms with E-state index in [1.165, 1.54) is 6.07 Å². The van der Waals surface area contributed by atoms with Gasteiger partial charge in [0, 0.05) is 23.4 Å². The van der Waals surface area contributed by atoms with Crippen molar-refractivity contribution < 1.29 is 23.5 Å². The summed E-state index contributed by atoms with van der Waals surface area (Å²) < 4.78 is 16.4. The Kier molecular flexibility index (Phi) is 8.93. The van der Waals surface area contributed by atoms with Gasteiger partial charge in [-0.3, -0.25) is 0 Å². The van der Waals surface area contributed by atoms with Crippen LogP contribution >= 0.6 is 0 Å². The number of carbonyl (C=O) groups excluding carboxylic acids is 2. The number of benzene rings is 3. The van der Waals surface area contributed by atoms with Gasteiger partial charge in [-0.1, -0.05) is 80.4 Å². The van der Waals surface area contributed by atoms with Gasteiger partial charge >= 0.3 is 17.7 Å². The number of carbonyl (C=O) groups is 2. The van der Waals surface area contributed by atoms with Crippen LogP contribution in [-0.2, 0) is 22.6 Å². The number of alkyl carbamates (subject to hydrolysis) is 1. The minimum absolute atomic E-state index is 0.0948. The average Bonchev–Trinajstić information content (AvgIpc) is 2.93. The molecule has 7 nitrogen and oxygen atoms in total. The van der Waals surface area contributed by atoms with Gasteiger partial charge < -0.3 is 19.2 Å². The molecule has 196 valence electrons. The van der Waals surface area contributed by atoms with Gasteiger partial charge in [0.1, 0.15) is 24.0 Å². The van der Waals surface area contributed by atoms with Crippen molar-refractivity contribution >= 4 is 23.0 Å². The molecule has 1 heterocycles. The van der Waals surface area contributed by atoms with Gasteiger partial charge in [0.05, 0.1) is 0 Å². The molecule has 38 heavy (non-hydrogen) atoms. The number of hydrogen-bond donors (Lipinski definition) is 1. The highest BCUT2D eigenvalue weighted by molar-refractivity contribution is 5.86. The summed E-state index contributed by atoms with van der Waals surface area (Å²) in [7, 11) is 0. The highest BCUT2D eigenvalue weighted by atomic mass is 16.6. The molecule has 0 bridgehead atoms. The van der Waals surface area contributed by atoms with Crippen LogP contribution in [0.25, 0.3) is 11.0 Å². The predicted molar refractivity (Wildman–Crippen MR) is 145 cm³/mol. The van der Waals surface area contributed by atoms with Gasteiger partial charge in [0.2, 0.25) is 0 Å². The Bertz CT molecular complexity index is 1450. The number of aryl methyl sites for hydroxylation is 1. The van der Waals surface area contributed by atoms with E-state index in [0.717, 1.165) is 28.5 Å². The van der Waals surface area contributed by atoms with Crippen LogP contribution in [0.5, 0.6) is 5.75 Å². The third-order valence-electron chi connectivity index (χ3n) is 6.34. The first-order valence-electron chi connectivity index (χ1n) is 12.7. The number of unbranched alkanes of at least 4 members (excludes halogenated alkanes) is 1. The second-order valence-electron chi connectivity index (χ2n) is 9.14. The number of nitrogens with one attached hydrogen (secondary N) is 1. The number of esters is 1. The molecule has 3 aromatic carbocycles. The summed E-state index contributed by atoms with van der Waals surface area (Å²) in [5.41, 5.74) is 3.17. The minimum Gasteiger partial charge on any atom is -0.445 e. The minimum atomic E-state index is -0.879. The first-order chi connectivity index (χ1) is 18.4. The van der Waals surface area contributed by atoms with Crippen molar-refractivity contribution in [2.75, 3.05) is 0 Å². The van der Waals surface area contributed by atoms with Crippen molar-refractivity contribution in [3.63, 3.8) is 0 Å². The first-order valence-corrected chi connectivity index (χ1v) is 12.7. The maximum Gasteiger partial charge on any atom is 0.408 e. The molecule has 0 fully saturated rings. The van der Waals surface area contributed by atoms with Crippen LogP contribution in [0.1, 0.15) is 48.4 Å². The van der Waals surface area contributed by atoms with Gasteiger partial charge in [0.15, 0.2) is 0 Å². The van der Waals surface area contributed by atoms with Crippen molar-refractivity contribution in [2.24, 2.45) is 0 Å². The monoisotopic (exact) mass is 513 g/mol. The van der Waals surface area contributed by atoms with Crippen molar-refractivity contribution in [2.45, 2.75) is 52.2 Å². The SMILES string of the molecule is CCCC[C@@H](NC(=O)OCc1ccccc1)C(=O)Oc1ccc2c(C)c(Cc3ccccc3)c(=O)oc2c1. The van der Waals surface area contributed by atoms with Crippen LogP contribution in [0, 0.1) is 6.92 Å². The van der Waals surface area contributed by atoms with E-state index in [1.54, 1.807) is 12.1 Å². The molecule has 7 heteroatoms. The van der Waals surface area contributed by atoms with Gasteiger partial charge in [-0.15, -0.1) is 0 Å². The molecule has 4 rings (SSSR count). The smallest absolute Gasteiger partial charge is 0.408 e. The molecule has 0 saturated carbocycles. The summed E-state index contributed by atoms with van der Waals surface area (Å²) in [5.74, 6) is -0.393. The lowest BCUT2D eigenvalue weighted by Gasteiger charge is -2.17. The largest absolute Gasteiger partial charge is 0.445 e. The molecule has 0 saturated heterocycles. The van der Waals surface area contributed by atoms with Crippen LogP contribution in [0.2, 0.25) is 0 Å². The predicted octanol–water partition coefficient (Wildman–Crippen LogP) is 6.08. The molecule has 1 atom stereocenters. The maximum absolute atomic E-state index is 13.0. The maximum atomic E-state index is 13.0. The number of fused-ring (bicyclic) bond motifs is 1. The molecule has 0 unspecified atom stereocenters. The zero-order valence-electron chi connectivity index (χ0n) is 21.6. The van der Waals surface area contributed by atoms with Gasteiger partial charge in [-0.2, -0.15) is 0 Å². The third kappa shape index (κ3) is 6.88. The number of amides is 1. The zero-order chi connectivity index (χ0) is 26.9. The molecule has 0 aliphatic rings. The lowest BCUT2D eigenvalue weighted by Crippen LogP contribution is -2.43. The Balaban J connectivity index is 1.46. The zero-order valence-corrected chi connectivity index (χ0v) is 21.6. The van der Waals surface area contributed by atoms with E-state index in [-0.39, 0.29) is 12.4 Å². The van der Waals surface area contributed by atoms with E-state index in [2.05, 4.69) is 5.32 Å². The highest BCUT2D eigenvalue weighted by Gasteiger charge is 2.24. The van der Waals surface area contributed by atoms with Crippen molar-refractivity contribution in [1.29, 1.82) is 0 Å². The van der Waals surface area contributed by atoms with E-state index in [0.29, 0.717) is 30.4 Å². The Morgan fingerprint density at radius 2 is 1.63 bits per heavy atom. The first kappa shape index (κ1) is 26.7. The summed E-state index contributed by atoms with van der Waals surface area (Å²) in [6.07, 6.45) is 1.73. The number of rotatable bonds is 10. The molecule has 0 radical (unpaired) electrons. The van der Waals surface area contributed by atoms with Gasteiger partial charge in [-0.05, 0) is 42.2 Å². The number of ether oxygens (including phenoxy) is 2. The van der Waals surface area contributed by atoms with E-state index in [4.69, 9.17) is 13.9 Å². The Morgan fingerprint density at radius 1 is 0.947 bits per heavy atom. The molecule has 0 aliphatic heterocycles. The second kappa shape index (κ2) is 12.7. The van der Waals surface area contributed by atoms with Gasteiger partial charge in [0.25, 0.3) is 0 Å². The van der Waals surface area contributed by atoms with E-state index in [1.807, 2.05) is 74.5 Å². The fraction of sp³-hybridized carbons (Fsp3) is 0.258. The molecule has 1 aromatic heterocycles. The van der Waals surface area contributed by atoms with Crippen LogP contribution in [0.15, 0.2) is 88.1 Å². The summed E-state index contributed by atoms with van der Waals surface area (Å²) in [5, 5.41) is 3.38. The topological polar surface area (TPSA) is 94.8 Å². The molecular weight excluding hydrogens is 482 g/mol. The molecule has 0 spiro atoms.